The van der Waals surface area contributed by atoms with Crippen molar-refractivity contribution in [3.63, 3.8) is 0 Å². The summed E-state index contributed by atoms with van der Waals surface area (Å²) in [6, 6.07) is 8.04. The Morgan fingerprint density at radius 1 is 1.28 bits per heavy atom. The second-order valence-corrected chi connectivity index (χ2v) is 4.73. The third-order valence-electron chi connectivity index (χ3n) is 3.21. The topological polar surface area (TPSA) is 50.5 Å². The van der Waals surface area contributed by atoms with Gasteiger partial charge in [-0.05, 0) is 37.2 Å². The van der Waals surface area contributed by atoms with Crippen LogP contribution in [0.5, 0.6) is 0 Å². The van der Waals surface area contributed by atoms with Crippen LogP contribution >= 0.6 is 0 Å². The minimum absolute atomic E-state index is 0.836. The fraction of sp³-hybridized carbons (Fsp3) is 0.571. The van der Waals surface area contributed by atoms with Crippen LogP contribution in [0.4, 0.5) is 5.69 Å². The average molecular weight is 249 g/mol. The van der Waals surface area contributed by atoms with Crippen molar-refractivity contribution in [3.8, 4) is 0 Å². The summed E-state index contributed by atoms with van der Waals surface area (Å²) in [4.78, 5) is 2.46. The Bertz CT molecular complexity index is 351. The first-order valence-electron chi connectivity index (χ1n) is 6.70. The molecule has 0 spiro atoms. The molecule has 1 aliphatic heterocycles. The fourth-order valence-electron chi connectivity index (χ4n) is 2.19. The fourth-order valence-corrected chi connectivity index (χ4v) is 2.19. The summed E-state index contributed by atoms with van der Waals surface area (Å²) >= 11 is 0. The van der Waals surface area contributed by atoms with Gasteiger partial charge in [-0.1, -0.05) is 12.1 Å². The first-order valence-corrected chi connectivity index (χ1v) is 6.70. The summed E-state index contributed by atoms with van der Waals surface area (Å²) in [6.45, 7) is 7.03. The Balaban J connectivity index is 1.55. The van der Waals surface area contributed by atoms with Crippen molar-refractivity contribution in [2.75, 3.05) is 45.1 Å². The Labute approximate surface area is 109 Å². The van der Waals surface area contributed by atoms with Gasteiger partial charge < -0.3 is 15.8 Å². The second-order valence-electron chi connectivity index (χ2n) is 4.73. The number of ether oxygens (including phenoxy) is 1. The third kappa shape index (κ3) is 4.64. The van der Waals surface area contributed by atoms with E-state index in [1.165, 1.54) is 12.0 Å². The lowest BCUT2D eigenvalue weighted by atomic mass is 10.2. The van der Waals surface area contributed by atoms with Gasteiger partial charge in [0.05, 0.1) is 13.2 Å². The standard InChI is InChI=1S/C14H23N3O/c15-14-4-1-3-13(11-14)12-16-5-2-6-17-7-9-18-10-8-17/h1,3-4,11,16H,2,5-10,12,15H2. The second kappa shape index (κ2) is 7.36. The SMILES string of the molecule is Nc1cccc(CNCCCN2CCOCC2)c1. The van der Waals surface area contributed by atoms with Crippen molar-refractivity contribution >= 4 is 5.69 Å². The molecule has 4 nitrogen and oxygen atoms in total. The van der Waals surface area contributed by atoms with Gasteiger partial charge in [0.2, 0.25) is 0 Å². The van der Waals surface area contributed by atoms with E-state index in [9.17, 15) is 0 Å². The number of nitrogen functional groups attached to an aromatic ring is 1. The van der Waals surface area contributed by atoms with E-state index < -0.39 is 0 Å². The summed E-state index contributed by atoms with van der Waals surface area (Å²) in [7, 11) is 0. The smallest absolute Gasteiger partial charge is 0.0594 e. The van der Waals surface area contributed by atoms with E-state index in [0.717, 1.165) is 51.6 Å². The predicted molar refractivity (Wildman–Crippen MR) is 74.4 cm³/mol. The zero-order chi connectivity index (χ0) is 12.6. The molecule has 2 rings (SSSR count). The third-order valence-corrected chi connectivity index (χ3v) is 3.21. The van der Waals surface area contributed by atoms with Gasteiger partial charge in [0.25, 0.3) is 0 Å². The Morgan fingerprint density at radius 2 is 2.11 bits per heavy atom. The zero-order valence-corrected chi connectivity index (χ0v) is 10.9. The minimum atomic E-state index is 0.836. The number of hydrogen-bond donors (Lipinski definition) is 2. The summed E-state index contributed by atoms with van der Waals surface area (Å²) in [5.41, 5.74) is 7.83. The molecule has 1 fully saturated rings. The Hall–Kier alpha value is -1.10. The van der Waals surface area contributed by atoms with Crippen LogP contribution in [-0.4, -0.2) is 44.3 Å². The van der Waals surface area contributed by atoms with Crippen LogP contribution in [0.25, 0.3) is 0 Å². The minimum Gasteiger partial charge on any atom is -0.399 e. The highest BCUT2D eigenvalue weighted by Gasteiger charge is 2.08. The molecule has 0 saturated carbocycles. The highest BCUT2D eigenvalue weighted by atomic mass is 16.5. The van der Waals surface area contributed by atoms with Crippen molar-refractivity contribution in [2.24, 2.45) is 0 Å². The molecule has 0 aliphatic carbocycles. The predicted octanol–water partition coefficient (Wildman–Crippen LogP) is 1.08. The number of rotatable bonds is 6. The molecule has 0 bridgehead atoms. The maximum atomic E-state index is 5.74. The molecule has 0 amide bonds. The maximum absolute atomic E-state index is 5.74. The van der Waals surface area contributed by atoms with Gasteiger partial charge in [0.15, 0.2) is 0 Å². The van der Waals surface area contributed by atoms with E-state index in [2.05, 4.69) is 16.3 Å². The van der Waals surface area contributed by atoms with Gasteiger partial charge in [-0.25, -0.2) is 0 Å². The highest BCUT2D eigenvalue weighted by molar-refractivity contribution is 5.40. The van der Waals surface area contributed by atoms with Gasteiger partial charge in [-0.15, -0.1) is 0 Å². The molecule has 0 radical (unpaired) electrons. The maximum Gasteiger partial charge on any atom is 0.0594 e. The monoisotopic (exact) mass is 249 g/mol. The molecule has 100 valence electrons. The van der Waals surface area contributed by atoms with Gasteiger partial charge in [0.1, 0.15) is 0 Å². The number of nitrogens with one attached hydrogen (secondary N) is 1. The first-order chi connectivity index (χ1) is 8.84. The van der Waals surface area contributed by atoms with Crippen molar-refractivity contribution in [3.05, 3.63) is 29.8 Å². The number of nitrogens with zero attached hydrogens (tertiary/aromatic N) is 1. The lowest BCUT2D eigenvalue weighted by Crippen LogP contribution is -2.37. The largest absolute Gasteiger partial charge is 0.399 e. The molecular formula is C14H23N3O. The first kappa shape index (κ1) is 13.3. The summed E-state index contributed by atoms with van der Waals surface area (Å²) in [5, 5.41) is 3.46. The van der Waals surface area contributed by atoms with E-state index in [0.29, 0.717) is 0 Å². The lowest BCUT2D eigenvalue weighted by molar-refractivity contribution is 0.0374. The molecule has 4 heteroatoms. The van der Waals surface area contributed by atoms with E-state index in [-0.39, 0.29) is 0 Å². The Kier molecular flexibility index (Phi) is 5.45. The molecule has 1 heterocycles. The van der Waals surface area contributed by atoms with Crippen LogP contribution in [0.15, 0.2) is 24.3 Å². The average Bonchev–Trinajstić information content (AvgIpc) is 2.40. The van der Waals surface area contributed by atoms with Crippen LogP contribution < -0.4 is 11.1 Å². The lowest BCUT2D eigenvalue weighted by Gasteiger charge is -2.26. The number of hydrogen-bond acceptors (Lipinski definition) is 4. The van der Waals surface area contributed by atoms with E-state index in [4.69, 9.17) is 10.5 Å². The molecule has 1 saturated heterocycles. The molecule has 1 aromatic rings. The van der Waals surface area contributed by atoms with E-state index >= 15 is 0 Å². The molecule has 1 aromatic carbocycles. The van der Waals surface area contributed by atoms with Crippen molar-refractivity contribution < 1.29 is 4.74 Å². The van der Waals surface area contributed by atoms with Crippen LogP contribution in [0, 0.1) is 0 Å². The van der Waals surface area contributed by atoms with Crippen LogP contribution in [0.2, 0.25) is 0 Å². The molecule has 18 heavy (non-hydrogen) atoms. The quantitative estimate of drug-likeness (QED) is 0.585. The van der Waals surface area contributed by atoms with E-state index in [1.807, 2.05) is 18.2 Å². The highest BCUT2D eigenvalue weighted by Crippen LogP contribution is 2.05. The van der Waals surface area contributed by atoms with Crippen molar-refractivity contribution in [1.82, 2.24) is 10.2 Å². The molecule has 0 unspecified atom stereocenters. The van der Waals surface area contributed by atoms with Gasteiger partial charge in [0, 0.05) is 25.3 Å². The number of anilines is 1. The summed E-state index contributed by atoms with van der Waals surface area (Å²) in [5.74, 6) is 0. The van der Waals surface area contributed by atoms with Gasteiger partial charge in [-0.2, -0.15) is 0 Å². The van der Waals surface area contributed by atoms with E-state index in [1.54, 1.807) is 0 Å². The molecule has 0 aromatic heterocycles. The van der Waals surface area contributed by atoms with Crippen LogP contribution in [0.1, 0.15) is 12.0 Å². The number of nitrogens with two attached hydrogens (primary N) is 1. The van der Waals surface area contributed by atoms with Gasteiger partial charge in [-0.3, -0.25) is 4.90 Å². The molecule has 1 aliphatic rings. The van der Waals surface area contributed by atoms with Crippen molar-refractivity contribution in [2.45, 2.75) is 13.0 Å². The van der Waals surface area contributed by atoms with Crippen LogP contribution in [0.3, 0.4) is 0 Å². The summed E-state index contributed by atoms with van der Waals surface area (Å²) < 4.78 is 5.33. The van der Waals surface area contributed by atoms with Crippen molar-refractivity contribution in [1.29, 1.82) is 0 Å². The molecule has 3 N–H and O–H groups in total. The normalized spacial score (nSPS) is 16.9. The molecular weight excluding hydrogens is 226 g/mol. The Morgan fingerprint density at radius 3 is 2.89 bits per heavy atom. The summed E-state index contributed by atoms with van der Waals surface area (Å²) in [6.07, 6.45) is 1.18. The zero-order valence-electron chi connectivity index (χ0n) is 10.9. The molecule has 0 atom stereocenters. The number of benzene rings is 1. The van der Waals surface area contributed by atoms with Gasteiger partial charge >= 0.3 is 0 Å². The number of morpholine rings is 1. The van der Waals surface area contributed by atoms with Crippen LogP contribution in [-0.2, 0) is 11.3 Å².